The SMILES string of the molecule is CCn1cc(CC(=O)N[C@@H]2CCN(C(=O)c3ccccn3)C2)c2ccccc21. The van der Waals surface area contributed by atoms with Crippen LogP contribution in [0.4, 0.5) is 0 Å². The number of rotatable bonds is 5. The number of fused-ring (bicyclic) bond motifs is 1. The van der Waals surface area contributed by atoms with E-state index in [0.717, 1.165) is 29.4 Å². The van der Waals surface area contributed by atoms with Gasteiger partial charge in [-0.25, -0.2) is 0 Å². The van der Waals surface area contributed by atoms with Gasteiger partial charge in [0.25, 0.3) is 5.91 Å². The van der Waals surface area contributed by atoms with Crippen molar-refractivity contribution >= 4 is 22.7 Å². The summed E-state index contributed by atoms with van der Waals surface area (Å²) in [6, 6.07) is 13.5. The summed E-state index contributed by atoms with van der Waals surface area (Å²) in [6.45, 7) is 4.13. The van der Waals surface area contributed by atoms with E-state index in [2.05, 4.69) is 40.1 Å². The fourth-order valence-electron chi connectivity index (χ4n) is 3.89. The van der Waals surface area contributed by atoms with Gasteiger partial charge in [0.05, 0.1) is 6.42 Å². The summed E-state index contributed by atoms with van der Waals surface area (Å²) in [6.07, 6.45) is 4.80. The van der Waals surface area contributed by atoms with Gasteiger partial charge in [-0.15, -0.1) is 0 Å². The first kappa shape index (κ1) is 18.2. The predicted molar refractivity (Wildman–Crippen MR) is 108 cm³/mol. The summed E-state index contributed by atoms with van der Waals surface area (Å²) >= 11 is 0. The van der Waals surface area contributed by atoms with Crippen LogP contribution in [0.3, 0.4) is 0 Å². The third-order valence-electron chi connectivity index (χ3n) is 5.29. The zero-order chi connectivity index (χ0) is 19.5. The van der Waals surface area contributed by atoms with Crippen LogP contribution in [0.1, 0.15) is 29.4 Å². The van der Waals surface area contributed by atoms with Crippen molar-refractivity contribution in [2.75, 3.05) is 13.1 Å². The Kier molecular flexibility index (Phi) is 5.10. The van der Waals surface area contributed by atoms with Crippen molar-refractivity contribution in [3.05, 3.63) is 66.1 Å². The fraction of sp³-hybridized carbons (Fsp3) is 0.318. The summed E-state index contributed by atoms with van der Waals surface area (Å²) in [5, 5.41) is 4.22. The highest BCUT2D eigenvalue weighted by Gasteiger charge is 2.28. The summed E-state index contributed by atoms with van der Waals surface area (Å²) in [7, 11) is 0. The van der Waals surface area contributed by atoms with Crippen LogP contribution in [0.25, 0.3) is 10.9 Å². The molecule has 0 radical (unpaired) electrons. The number of aryl methyl sites for hydroxylation is 1. The minimum absolute atomic E-state index is 0.00357. The van der Waals surface area contributed by atoms with Crippen LogP contribution in [-0.4, -0.2) is 45.4 Å². The predicted octanol–water partition coefficient (Wildman–Crippen LogP) is 2.63. The molecule has 3 heterocycles. The first-order valence-electron chi connectivity index (χ1n) is 9.72. The molecule has 1 atom stereocenters. The average Bonchev–Trinajstić information content (AvgIpc) is 3.33. The molecule has 0 aliphatic carbocycles. The summed E-state index contributed by atoms with van der Waals surface area (Å²) in [4.78, 5) is 31.0. The van der Waals surface area contributed by atoms with Gasteiger partial charge in [-0.1, -0.05) is 24.3 Å². The molecule has 6 heteroatoms. The lowest BCUT2D eigenvalue weighted by Crippen LogP contribution is -2.39. The number of hydrogen-bond acceptors (Lipinski definition) is 3. The lowest BCUT2D eigenvalue weighted by molar-refractivity contribution is -0.121. The monoisotopic (exact) mass is 376 g/mol. The standard InChI is InChI=1S/C22H24N4O2/c1-2-25-14-16(18-7-3-4-9-20(18)25)13-21(27)24-17-10-12-26(15-17)22(28)19-8-5-6-11-23-19/h3-9,11,14,17H,2,10,12-13,15H2,1H3,(H,24,27)/t17-/m1/s1. The first-order valence-corrected chi connectivity index (χ1v) is 9.72. The Morgan fingerprint density at radius 2 is 2.00 bits per heavy atom. The molecule has 2 aromatic heterocycles. The first-order chi connectivity index (χ1) is 13.7. The lowest BCUT2D eigenvalue weighted by atomic mass is 10.1. The van der Waals surface area contributed by atoms with Gasteiger partial charge in [0.15, 0.2) is 0 Å². The molecule has 1 aromatic carbocycles. The van der Waals surface area contributed by atoms with Gasteiger partial charge in [0, 0.05) is 49.0 Å². The highest BCUT2D eigenvalue weighted by molar-refractivity contribution is 5.92. The van der Waals surface area contributed by atoms with Crippen molar-refractivity contribution in [1.29, 1.82) is 0 Å². The maximum Gasteiger partial charge on any atom is 0.272 e. The molecule has 1 aliphatic rings. The third kappa shape index (κ3) is 3.63. The Morgan fingerprint density at radius 1 is 1.18 bits per heavy atom. The molecule has 0 spiro atoms. The highest BCUT2D eigenvalue weighted by atomic mass is 16.2. The van der Waals surface area contributed by atoms with Crippen LogP contribution >= 0.6 is 0 Å². The molecule has 0 bridgehead atoms. The van der Waals surface area contributed by atoms with Crippen LogP contribution in [0.2, 0.25) is 0 Å². The number of nitrogens with zero attached hydrogens (tertiary/aromatic N) is 3. The van der Waals surface area contributed by atoms with E-state index in [4.69, 9.17) is 0 Å². The maximum atomic E-state index is 12.6. The van der Waals surface area contributed by atoms with E-state index in [1.165, 1.54) is 0 Å². The number of carbonyl (C=O) groups excluding carboxylic acids is 2. The second kappa shape index (κ2) is 7.84. The molecule has 6 nitrogen and oxygen atoms in total. The number of nitrogens with one attached hydrogen (secondary N) is 1. The fourth-order valence-corrected chi connectivity index (χ4v) is 3.89. The van der Waals surface area contributed by atoms with Crippen molar-refractivity contribution in [3.8, 4) is 0 Å². The number of hydrogen-bond donors (Lipinski definition) is 1. The minimum Gasteiger partial charge on any atom is -0.351 e. The molecule has 1 N–H and O–H groups in total. The largest absolute Gasteiger partial charge is 0.351 e. The molecule has 2 amide bonds. The number of benzene rings is 1. The number of aromatic nitrogens is 2. The molecule has 1 fully saturated rings. The van der Waals surface area contributed by atoms with Gasteiger partial charge in [0.2, 0.25) is 5.91 Å². The molecule has 1 saturated heterocycles. The van der Waals surface area contributed by atoms with Crippen LogP contribution in [0, 0.1) is 0 Å². The molecule has 0 saturated carbocycles. The minimum atomic E-state index is -0.0802. The van der Waals surface area contributed by atoms with Gasteiger partial charge < -0.3 is 14.8 Å². The molecule has 3 aromatic rings. The van der Waals surface area contributed by atoms with Gasteiger partial charge in [0.1, 0.15) is 5.69 Å². The molecule has 28 heavy (non-hydrogen) atoms. The van der Waals surface area contributed by atoms with Crippen molar-refractivity contribution in [2.24, 2.45) is 0 Å². The van der Waals surface area contributed by atoms with Gasteiger partial charge in [-0.3, -0.25) is 14.6 Å². The van der Waals surface area contributed by atoms with E-state index in [1.54, 1.807) is 23.2 Å². The van der Waals surface area contributed by atoms with Gasteiger partial charge >= 0.3 is 0 Å². The Hall–Kier alpha value is -3.15. The van der Waals surface area contributed by atoms with Crippen molar-refractivity contribution in [2.45, 2.75) is 32.4 Å². The second-order valence-corrected chi connectivity index (χ2v) is 7.15. The zero-order valence-electron chi connectivity index (χ0n) is 16.0. The number of amides is 2. The van der Waals surface area contributed by atoms with Crippen LogP contribution < -0.4 is 5.32 Å². The molecular formula is C22H24N4O2. The number of carbonyl (C=O) groups is 2. The molecule has 144 valence electrons. The number of pyridine rings is 1. The normalized spacial score (nSPS) is 16.5. The van der Waals surface area contributed by atoms with E-state index in [0.29, 0.717) is 25.2 Å². The Labute approximate surface area is 164 Å². The maximum absolute atomic E-state index is 12.6. The van der Waals surface area contributed by atoms with E-state index in [9.17, 15) is 9.59 Å². The second-order valence-electron chi connectivity index (χ2n) is 7.15. The summed E-state index contributed by atoms with van der Waals surface area (Å²) in [5.74, 6) is -0.0838. The van der Waals surface area contributed by atoms with Crippen LogP contribution in [-0.2, 0) is 17.8 Å². The average molecular weight is 376 g/mol. The van der Waals surface area contributed by atoms with E-state index in [-0.39, 0.29) is 17.9 Å². The van der Waals surface area contributed by atoms with Crippen molar-refractivity contribution < 1.29 is 9.59 Å². The van der Waals surface area contributed by atoms with Crippen LogP contribution in [0.15, 0.2) is 54.9 Å². The molecular weight excluding hydrogens is 352 g/mol. The Morgan fingerprint density at radius 3 is 2.79 bits per heavy atom. The Balaban J connectivity index is 1.38. The zero-order valence-corrected chi connectivity index (χ0v) is 16.0. The van der Waals surface area contributed by atoms with E-state index in [1.807, 2.05) is 18.2 Å². The highest BCUT2D eigenvalue weighted by Crippen LogP contribution is 2.22. The van der Waals surface area contributed by atoms with Crippen LogP contribution in [0.5, 0.6) is 0 Å². The summed E-state index contributed by atoms with van der Waals surface area (Å²) in [5.41, 5.74) is 2.64. The topological polar surface area (TPSA) is 67.2 Å². The number of para-hydroxylation sites is 1. The molecule has 4 rings (SSSR count). The smallest absolute Gasteiger partial charge is 0.272 e. The lowest BCUT2D eigenvalue weighted by Gasteiger charge is -2.16. The molecule has 1 aliphatic heterocycles. The van der Waals surface area contributed by atoms with Gasteiger partial charge in [-0.05, 0) is 37.1 Å². The molecule has 0 unspecified atom stereocenters. The van der Waals surface area contributed by atoms with Gasteiger partial charge in [-0.2, -0.15) is 0 Å². The van der Waals surface area contributed by atoms with Crippen molar-refractivity contribution in [1.82, 2.24) is 19.8 Å². The van der Waals surface area contributed by atoms with E-state index < -0.39 is 0 Å². The van der Waals surface area contributed by atoms with E-state index >= 15 is 0 Å². The van der Waals surface area contributed by atoms with Crippen molar-refractivity contribution in [3.63, 3.8) is 0 Å². The Bertz CT molecular complexity index is 996. The third-order valence-corrected chi connectivity index (χ3v) is 5.29. The quantitative estimate of drug-likeness (QED) is 0.744. The number of likely N-dealkylation sites (tertiary alicyclic amines) is 1. The summed E-state index contributed by atoms with van der Waals surface area (Å²) < 4.78 is 2.17.